The van der Waals surface area contributed by atoms with Crippen LogP contribution in [-0.4, -0.2) is 35.6 Å². The van der Waals surface area contributed by atoms with Crippen LogP contribution in [0.2, 0.25) is 0 Å². The molecule has 22 heavy (non-hydrogen) atoms. The molecule has 3 unspecified atom stereocenters. The number of aliphatic hydroxyl groups excluding tert-OH is 1. The Balaban J connectivity index is 2.23. The van der Waals surface area contributed by atoms with Gasteiger partial charge in [0.05, 0.1) is 6.10 Å². The first kappa shape index (κ1) is 18.9. The van der Waals surface area contributed by atoms with Gasteiger partial charge in [0.2, 0.25) is 11.8 Å². The van der Waals surface area contributed by atoms with Crippen molar-refractivity contribution < 1.29 is 14.7 Å². The lowest BCUT2D eigenvalue weighted by Crippen LogP contribution is -2.46. The summed E-state index contributed by atoms with van der Waals surface area (Å²) < 4.78 is 0. The Morgan fingerprint density at radius 1 is 1.14 bits per heavy atom. The van der Waals surface area contributed by atoms with E-state index in [9.17, 15) is 14.7 Å². The number of hydrogen-bond donors (Lipinski definition) is 3. The Bertz CT molecular complexity index is 352. The van der Waals surface area contributed by atoms with E-state index in [2.05, 4.69) is 10.6 Å². The van der Waals surface area contributed by atoms with E-state index in [0.29, 0.717) is 25.3 Å². The zero-order chi connectivity index (χ0) is 16.5. The van der Waals surface area contributed by atoms with Gasteiger partial charge >= 0.3 is 0 Å². The zero-order valence-corrected chi connectivity index (χ0v) is 14.2. The maximum absolute atomic E-state index is 12.0. The largest absolute Gasteiger partial charge is 0.393 e. The summed E-state index contributed by atoms with van der Waals surface area (Å²) >= 11 is 0. The van der Waals surface area contributed by atoms with Crippen molar-refractivity contribution in [2.24, 2.45) is 11.8 Å². The summed E-state index contributed by atoms with van der Waals surface area (Å²) in [5.41, 5.74) is 0. The van der Waals surface area contributed by atoms with E-state index < -0.39 is 6.04 Å². The molecule has 1 saturated carbocycles. The molecule has 1 aliphatic rings. The number of carbonyl (C=O) groups is 2. The molecule has 0 bridgehead atoms. The second kappa shape index (κ2) is 9.82. The Labute approximate surface area is 134 Å². The third kappa shape index (κ3) is 7.78. The second-order valence-electron chi connectivity index (χ2n) is 6.93. The average molecular weight is 312 g/mol. The van der Waals surface area contributed by atoms with Crippen molar-refractivity contribution in [3.05, 3.63) is 0 Å². The van der Waals surface area contributed by atoms with E-state index in [0.717, 1.165) is 12.8 Å². The van der Waals surface area contributed by atoms with Gasteiger partial charge in [0.1, 0.15) is 6.04 Å². The molecule has 0 aliphatic heterocycles. The van der Waals surface area contributed by atoms with Crippen molar-refractivity contribution in [2.75, 3.05) is 6.54 Å². The maximum atomic E-state index is 12.0. The summed E-state index contributed by atoms with van der Waals surface area (Å²) in [6.45, 7) is 5.96. The number of rotatable bonds is 8. The van der Waals surface area contributed by atoms with Crippen molar-refractivity contribution in [1.29, 1.82) is 0 Å². The molecule has 1 fully saturated rings. The monoisotopic (exact) mass is 312 g/mol. The average Bonchev–Trinajstić information content (AvgIpc) is 2.44. The van der Waals surface area contributed by atoms with Crippen molar-refractivity contribution in [3.63, 3.8) is 0 Å². The first-order valence-electron chi connectivity index (χ1n) is 8.63. The molecule has 5 nitrogen and oxygen atoms in total. The van der Waals surface area contributed by atoms with Crippen LogP contribution in [0.15, 0.2) is 0 Å². The highest BCUT2D eigenvalue weighted by Crippen LogP contribution is 2.26. The molecule has 3 N–H and O–H groups in total. The summed E-state index contributed by atoms with van der Waals surface area (Å²) in [5, 5.41) is 14.9. The molecular weight excluding hydrogens is 280 g/mol. The van der Waals surface area contributed by atoms with Gasteiger partial charge in [0.15, 0.2) is 0 Å². The van der Waals surface area contributed by atoms with Gasteiger partial charge in [-0.15, -0.1) is 0 Å². The van der Waals surface area contributed by atoms with Crippen LogP contribution in [0.25, 0.3) is 0 Å². The fourth-order valence-corrected chi connectivity index (χ4v) is 3.11. The third-order valence-corrected chi connectivity index (χ3v) is 4.34. The molecule has 3 atom stereocenters. The number of amides is 2. The molecule has 0 spiro atoms. The summed E-state index contributed by atoms with van der Waals surface area (Å²) in [5.74, 6) is 0.519. The van der Waals surface area contributed by atoms with Gasteiger partial charge in [-0.2, -0.15) is 0 Å². The topological polar surface area (TPSA) is 78.4 Å². The highest BCUT2D eigenvalue weighted by molar-refractivity contribution is 5.87. The standard InChI is InChI=1S/C17H32N2O3/c1-12(9-13(2)20)11-18-17(22)14(3)19-16(21)10-15-7-5-4-6-8-15/h12-15,20H,4-11H2,1-3H3,(H,18,22)(H,19,21). The molecular formula is C17H32N2O3. The van der Waals surface area contributed by atoms with Crippen molar-refractivity contribution >= 4 is 11.8 Å². The van der Waals surface area contributed by atoms with Crippen LogP contribution in [0.5, 0.6) is 0 Å². The van der Waals surface area contributed by atoms with Crippen molar-refractivity contribution in [2.45, 2.75) is 77.9 Å². The Morgan fingerprint density at radius 3 is 2.36 bits per heavy atom. The summed E-state index contributed by atoms with van der Waals surface area (Å²) in [6, 6.07) is -0.505. The second-order valence-corrected chi connectivity index (χ2v) is 6.93. The highest BCUT2D eigenvalue weighted by Gasteiger charge is 2.20. The van der Waals surface area contributed by atoms with Gasteiger partial charge < -0.3 is 15.7 Å². The van der Waals surface area contributed by atoms with Gasteiger partial charge in [-0.25, -0.2) is 0 Å². The van der Waals surface area contributed by atoms with Crippen LogP contribution < -0.4 is 10.6 Å². The number of nitrogens with one attached hydrogen (secondary N) is 2. The minimum absolute atomic E-state index is 0.0217. The lowest BCUT2D eigenvalue weighted by molar-refractivity contribution is -0.129. The molecule has 0 aromatic heterocycles. The van der Waals surface area contributed by atoms with Crippen molar-refractivity contribution in [3.8, 4) is 0 Å². The van der Waals surface area contributed by atoms with Gasteiger partial charge in [-0.05, 0) is 44.9 Å². The molecule has 0 aromatic rings. The van der Waals surface area contributed by atoms with Gasteiger partial charge in [0, 0.05) is 13.0 Å². The highest BCUT2D eigenvalue weighted by atomic mass is 16.3. The van der Waals surface area contributed by atoms with Gasteiger partial charge in [-0.3, -0.25) is 9.59 Å². The molecule has 1 rings (SSSR count). The molecule has 1 aliphatic carbocycles. The minimum atomic E-state index is -0.505. The van der Waals surface area contributed by atoms with Crippen LogP contribution in [0.1, 0.15) is 65.7 Å². The van der Waals surface area contributed by atoms with Crippen LogP contribution in [-0.2, 0) is 9.59 Å². The summed E-state index contributed by atoms with van der Waals surface area (Å²) in [6.07, 6.45) is 6.81. The van der Waals surface area contributed by atoms with E-state index in [1.54, 1.807) is 13.8 Å². The number of hydrogen-bond acceptors (Lipinski definition) is 3. The van der Waals surface area contributed by atoms with E-state index in [1.807, 2.05) is 6.92 Å². The van der Waals surface area contributed by atoms with Gasteiger partial charge in [0.25, 0.3) is 0 Å². The van der Waals surface area contributed by atoms with E-state index >= 15 is 0 Å². The molecule has 0 aromatic carbocycles. The summed E-state index contributed by atoms with van der Waals surface area (Å²) in [7, 11) is 0. The lowest BCUT2D eigenvalue weighted by Gasteiger charge is -2.22. The first-order chi connectivity index (χ1) is 10.4. The summed E-state index contributed by atoms with van der Waals surface area (Å²) in [4.78, 5) is 24.0. The van der Waals surface area contributed by atoms with Crippen LogP contribution in [0, 0.1) is 11.8 Å². The lowest BCUT2D eigenvalue weighted by atomic mass is 9.87. The molecule has 5 heteroatoms. The van der Waals surface area contributed by atoms with E-state index in [4.69, 9.17) is 0 Å². The van der Waals surface area contributed by atoms with Gasteiger partial charge in [-0.1, -0.05) is 26.2 Å². The van der Waals surface area contributed by atoms with E-state index in [1.165, 1.54) is 19.3 Å². The molecule has 0 saturated heterocycles. The third-order valence-electron chi connectivity index (χ3n) is 4.34. The van der Waals surface area contributed by atoms with Crippen LogP contribution in [0.3, 0.4) is 0 Å². The smallest absolute Gasteiger partial charge is 0.242 e. The molecule has 128 valence electrons. The predicted octanol–water partition coefficient (Wildman–Crippen LogP) is 1.98. The number of aliphatic hydroxyl groups is 1. The minimum Gasteiger partial charge on any atom is -0.393 e. The van der Waals surface area contributed by atoms with Crippen LogP contribution in [0.4, 0.5) is 0 Å². The van der Waals surface area contributed by atoms with E-state index in [-0.39, 0.29) is 23.8 Å². The predicted molar refractivity (Wildman–Crippen MR) is 87.3 cm³/mol. The fourth-order valence-electron chi connectivity index (χ4n) is 3.11. The Morgan fingerprint density at radius 2 is 1.77 bits per heavy atom. The Hall–Kier alpha value is -1.10. The molecule has 0 radical (unpaired) electrons. The SMILES string of the molecule is CC(O)CC(C)CNC(=O)C(C)NC(=O)CC1CCCCC1. The number of carbonyl (C=O) groups excluding carboxylic acids is 2. The molecule has 0 heterocycles. The quantitative estimate of drug-likeness (QED) is 0.641. The molecule has 2 amide bonds. The maximum Gasteiger partial charge on any atom is 0.242 e. The fraction of sp³-hybridized carbons (Fsp3) is 0.882. The normalized spacial score (nSPS) is 20.0. The Kier molecular flexibility index (Phi) is 8.46. The zero-order valence-electron chi connectivity index (χ0n) is 14.2. The first-order valence-corrected chi connectivity index (χ1v) is 8.63. The van der Waals surface area contributed by atoms with Crippen LogP contribution >= 0.6 is 0 Å². The van der Waals surface area contributed by atoms with Crippen molar-refractivity contribution in [1.82, 2.24) is 10.6 Å².